The van der Waals surface area contributed by atoms with Crippen molar-refractivity contribution in [2.45, 2.75) is 60.8 Å². The number of benzene rings is 9. The molecule has 0 aliphatic heterocycles. The fourth-order valence-corrected chi connectivity index (χ4v) is 21.0. The number of azo groups is 6. The Bertz CT molecular complexity index is 7950. The molecule has 9 aromatic carbocycles. The summed E-state index contributed by atoms with van der Waals surface area (Å²) in [5.41, 5.74) is 14.6. The molecule has 0 aromatic heterocycles. The van der Waals surface area contributed by atoms with Gasteiger partial charge in [-0.25, -0.2) is 101 Å². The molecule has 0 aliphatic carbocycles. The third kappa shape index (κ3) is 46.9. The van der Waals surface area contributed by atoms with E-state index in [-0.39, 0.29) is 365 Å². The summed E-state index contributed by atoms with van der Waals surface area (Å²) >= 11 is 0.266. The van der Waals surface area contributed by atoms with Crippen molar-refractivity contribution in [1.82, 2.24) is 0 Å². The third-order valence-corrected chi connectivity index (χ3v) is 30.7. The van der Waals surface area contributed by atoms with Crippen molar-refractivity contribution >= 4 is 259 Å². The quantitative estimate of drug-likeness (QED) is 0.00317. The van der Waals surface area contributed by atoms with Crippen LogP contribution < -0.4 is 364 Å². The second-order valence-corrected chi connectivity index (χ2v) is 45.8. The molecule has 0 fully saturated rings. The number of nitrogens with zero attached hydrogens (tertiary/aromatic N) is 12. The Kier molecular flexibility index (Phi) is 70.1. The van der Waals surface area contributed by atoms with Crippen molar-refractivity contribution in [3.8, 4) is 0 Å². The van der Waals surface area contributed by atoms with Crippen molar-refractivity contribution in [2.75, 3.05) is 72.4 Å². The van der Waals surface area contributed by atoms with Crippen LogP contribution in [0.2, 0.25) is 0 Å². The number of aryl methyl sites for hydroxylation is 1. The average Bonchev–Trinajstić information content (AvgIpc) is 0.766. The molecule has 0 spiro atoms. The van der Waals surface area contributed by atoms with Gasteiger partial charge in [0.2, 0.25) is 20.8 Å². The van der Waals surface area contributed by atoms with E-state index in [1.807, 2.05) is 0 Å². The number of hydrogen-bond donors (Lipinski definition) is 4. The number of fused-ring (bicyclic) bond motifs is 1. The normalized spacial score (nSPS) is 12.4. The fourth-order valence-electron chi connectivity index (χ4n) is 10.4. The molecule has 0 amide bonds. The molecule has 0 saturated heterocycles. The van der Waals surface area contributed by atoms with E-state index in [2.05, 4.69) is 106 Å². The van der Waals surface area contributed by atoms with Crippen LogP contribution in [0.4, 0.5) is 91.0 Å². The van der Waals surface area contributed by atoms with E-state index in [1.54, 1.807) is 0 Å². The molecule has 0 unspecified atom stereocenters. The molecule has 0 aliphatic rings. The van der Waals surface area contributed by atoms with Crippen LogP contribution in [0.1, 0.15) is 5.56 Å². The maximum absolute atomic E-state index is 12.9. The summed E-state index contributed by atoms with van der Waals surface area (Å²) in [4.78, 5) is -10.1. The van der Waals surface area contributed by atoms with Crippen molar-refractivity contribution in [1.29, 1.82) is 0 Å². The molecule has 0 saturated carbocycles. The van der Waals surface area contributed by atoms with E-state index in [9.17, 15) is 153 Å². The minimum Gasteiger partial charge on any atom is -0.744 e. The summed E-state index contributed by atoms with van der Waals surface area (Å²) < 4.78 is 417. The Balaban J connectivity index is -0.00000131. The topological polar surface area (TPSA) is 1010 Å². The predicted octanol–water partition coefficient (Wildman–Crippen LogP) is -29.0. The van der Waals surface area contributed by atoms with Gasteiger partial charge >= 0.3 is 325 Å². The number of nitrogens with two attached hydrogens (primary N) is 4. The van der Waals surface area contributed by atoms with Gasteiger partial charge in [0.25, 0.3) is 0 Å². The van der Waals surface area contributed by atoms with E-state index < -0.39 is 310 Å². The van der Waals surface area contributed by atoms with Gasteiger partial charge in [-0.2, -0.15) is 9.45 Å². The molecular formula is C61H49N16Na11O45S15. The Morgan fingerprint density at radius 2 is 0.541 bits per heavy atom. The number of sulfone groups is 4. The van der Waals surface area contributed by atoms with Gasteiger partial charge in [-0.15, -0.1) is 64.9 Å². The summed E-state index contributed by atoms with van der Waals surface area (Å²) in [5, 5.41) is 84.7. The van der Waals surface area contributed by atoms with Gasteiger partial charge < -0.3 is 75.1 Å². The summed E-state index contributed by atoms with van der Waals surface area (Å²) in [6, 6.07) is 18.2. The first-order valence-electron chi connectivity index (χ1n) is 34.6. The number of hydrogen-bond acceptors (Lipinski definition) is 64. The molecule has 61 nitrogen and oxygen atoms in total. The van der Waals surface area contributed by atoms with Gasteiger partial charge in [-0.05, 0) is 128 Å². The van der Waals surface area contributed by atoms with E-state index in [0.717, 1.165) is 60.7 Å². The Labute approximate surface area is 1100 Å². The summed E-state index contributed by atoms with van der Waals surface area (Å²) in [6.45, 7) is -2.20. The van der Waals surface area contributed by atoms with E-state index in [4.69, 9.17) is 22.9 Å². The zero-order valence-electron chi connectivity index (χ0n) is 77.5. The minimum absolute atomic E-state index is 0. The van der Waals surface area contributed by atoms with Crippen LogP contribution in [0.25, 0.3) is 10.8 Å². The summed E-state index contributed by atoms with van der Waals surface area (Å²) in [5.74, 6) is -4.06. The Morgan fingerprint density at radius 1 is 0.277 bits per heavy atom. The summed E-state index contributed by atoms with van der Waals surface area (Å²) in [7, 11) is -61.7. The van der Waals surface area contributed by atoms with Gasteiger partial charge in [0.1, 0.15) is 123 Å². The zero-order valence-corrected chi connectivity index (χ0v) is 112. The average molecular weight is 2460 g/mol. The van der Waals surface area contributed by atoms with Crippen LogP contribution in [0.3, 0.4) is 0 Å². The van der Waals surface area contributed by atoms with Gasteiger partial charge in [-0.3, -0.25) is 31.8 Å². The van der Waals surface area contributed by atoms with Gasteiger partial charge in [-0.1, -0.05) is 18.2 Å². The second kappa shape index (κ2) is 67.0. The fraction of sp³-hybridized carbons (Fsp3) is 0.148. The molecule has 9 rings (SSSR count). The molecule has 148 heavy (non-hydrogen) atoms. The number of anilines is 4. The first kappa shape index (κ1) is 155. The third-order valence-electron chi connectivity index (χ3n) is 16.4. The second-order valence-electron chi connectivity index (χ2n) is 25.4. The molecule has 0 atom stereocenters. The molecule has 0 heterocycles. The number of nitrogen functional groups attached to an aromatic ring is 4. The smallest absolute Gasteiger partial charge is 0.744 e. The van der Waals surface area contributed by atoms with Crippen molar-refractivity contribution in [2.24, 2.45) is 61.4 Å². The molecule has 9 aromatic rings. The van der Waals surface area contributed by atoms with Gasteiger partial charge in [0.05, 0.1) is 139 Å². The van der Waals surface area contributed by atoms with Crippen molar-refractivity contribution in [3.63, 3.8) is 0 Å². The van der Waals surface area contributed by atoms with Crippen LogP contribution in [0, 0.1) is 6.92 Å². The molecule has 0 radical (unpaired) electrons. The maximum atomic E-state index is 12.9. The van der Waals surface area contributed by atoms with Crippen LogP contribution >= 0.6 is 36.7 Å². The minimum atomic E-state index is -5.67. The van der Waals surface area contributed by atoms with Crippen LogP contribution in [-0.4, -0.2) is 187 Å². The molecular weight excluding hydrogens is 2410 g/mol. The number of rotatable bonds is 45. The molecule has 744 valence electrons. The largest absolute Gasteiger partial charge is 1.00 e. The summed E-state index contributed by atoms with van der Waals surface area (Å²) in [6.07, 6.45) is 0. The first-order valence-corrected chi connectivity index (χ1v) is 54.4. The van der Waals surface area contributed by atoms with Crippen LogP contribution in [0.5, 0.6) is 0 Å². The Morgan fingerprint density at radius 3 is 0.824 bits per heavy atom. The Hall–Kier alpha value is 0.650. The molecule has 8 N–H and O–H groups in total. The van der Waals surface area contributed by atoms with Gasteiger partial charge in [0.15, 0.2) is 64.0 Å². The predicted molar refractivity (Wildman–Crippen MR) is 443 cm³/mol. The SMILES string of the molecule is Cc1ccc(N=Nc2cc(N=Nc3ccc(S(=O)(=O)CCOSOO[O-])cc3S(=O)(=O)[O-])c(N)c(N=Nc3ccc(S(=O)(=O)CCOS(=O)(=O)[O-])cc3S(=O)(=O)[O-])c2N)c(S(=O)(=O)[O-])c1.Nc1c(N=Nc2cc(S(=O)(=O)[O-])c3cccc(SOO[O-])c3c2)cc(N=Nc2ccc(S(=O)(=O)CCOSOO[O-])cc2S(=O)(=O)[O-])c(N)c1N=Nc1ccc(S(=O)(=O)CCOS(=O)(=O)[O-])cc1S(=O)(=O)[O-].[Na+].[Na+].[Na+].[Na+].[Na+].[Na+].[Na+].[Na+].[Na+].[Na+].[Na+]. The van der Waals surface area contributed by atoms with Crippen LogP contribution in [0.15, 0.2) is 249 Å². The standard InChI is InChI=1S/C32H30N8O24S8.C29H30N8O21S7.11Na/c33-30-24(38-35-17-12-21-20(27(13-17)69(47,48)49)2-1-3-26(21)65-63-61-41)16-25(39-36-22-6-4-18(14-28(22)70(50,51)52)67(43,44)10-8-59-66-64-62-42)31(34)32(30)40-37-23-7-5-19(15-29(23)71(53,54)55)68(45,46)11-9-60-72(56,57)58;1-16-2-5-19(24(12-16)62(43,44)45)32-35-22-15-23(36-33-20-6-3-17(13-25(20)63(46,47)48)60(39,40)10-8-55-59-58-57-38)28(31)29(27(22)30)37-34-21-7-4-18(14-26(21)64(49,50)51)61(41,42)11-9-56-65(52,53)54;;;;;;;;;;;/h1-7,12-16,41-42H,8-11,33-34H2,(H,47,48,49)(H,50,51,52)(H,53,54,55)(H,56,57,58);2-7,12-15,38H,8-11,30-31H2,1H3,(H,43,44,45)(H,46,47,48)(H,49,50,51)(H,52,53,54);;;;;;;;;;;/q;;11*+1/p-11. The monoisotopic (exact) mass is 2460 g/mol. The van der Waals surface area contributed by atoms with E-state index >= 15 is 0 Å². The van der Waals surface area contributed by atoms with Crippen molar-refractivity contribution < 1.29 is 523 Å². The van der Waals surface area contributed by atoms with Crippen LogP contribution in [-0.2, 0) is 166 Å². The molecule has 87 heteroatoms. The molecule has 0 bridgehead atoms. The zero-order chi connectivity index (χ0) is 102. The van der Waals surface area contributed by atoms with E-state index in [0.29, 0.717) is 66.1 Å². The van der Waals surface area contributed by atoms with Crippen molar-refractivity contribution in [3.05, 3.63) is 139 Å². The maximum Gasteiger partial charge on any atom is 1.00 e. The van der Waals surface area contributed by atoms with E-state index in [1.165, 1.54) is 31.2 Å². The van der Waals surface area contributed by atoms with Gasteiger partial charge in [0, 0.05) is 15.7 Å². The first-order chi connectivity index (χ1) is 63.4.